The van der Waals surface area contributed by atoms with Gasteiger partial charge in [-0.15, -0.1) is 0 Å². The Morgan fingerprint density at radius 3 is 2.67 bits per heavy atom. The first kappa shape index (κ1) is 18.3. The molecule has 1 saturated heterocycles. The molecule has 5 rings (SSSR count). The Morgan fingerprint density at radius 2 is 1.87 bits per heavy atom. The fourth-order valence-electron chi connectivity index (χ4n) is 4.28. The number of rotatable bonds is 2. The van der Waals surface area contributed by atoms with E-state index in [1.165, 1.54) is 0 Å². The summed E-state index contributed by atoms with van der Waals surface area (Å²) >= 11 is 0. The quantitative estimate of drug-likeness (QED) is 0.679. The second-order valence-electron chi connectivity index (χ2n) is 7.39. The van der Waals surface area contributed by atoms with Crippen LogP contribution in [0.3, 0.4) is 0 Å². The third-order valence-corrected chi connectivity index (χ3v) is 5.72. The summed E-state index contributed by atoms with van der Waals surface area (Å²) in [6, 6.07) is 15.5. The van der Waals surface area contributed by atoms with Crippen molar-refractivity contribution in [2.24, 2.45) is 5.92 Å². The highest BCUT2D eigenvalue weighted by Crippen LogP contribution is 2.40. The van der Waals surface area contributed by atoms with Gasteiger partial charge in [0.05, 0.1) is 24.8 Å². The van der Waals surface area contributed by atoms with Crippen LogP contribution in [0.15, 0.2) is 47.3 Å². The molecule has 2 N–H and O–H groups in total. The van der Waals surface area contributed by atoms with E-state index in [0.29, 0.717) is 37.8 Å². The van der Waals surface area contributed by atoms with Gasteiger partial charge in [-0.1, -0.05) is 42.5 Å². The zero-order chi connectivity index (χ0) is 20.7. The van der Waals surface area contributed by atoms with E-state index in [4.69, 9.17) is 4.74 Å². The molecule has 1 fully saturated rings. The average molecular weight is 401 g/mol. The maximum Gasteiger partial charge on any atom is 0.258 e. The molecule has 3 aromatic rings. The molecule has 1 aromatic heterocycles. The summed E-state index contributed by atoms with van der Waals surface area (Å²) in [6.07, 6.45) is 0. The summed E-state index contributed by atoms with van der Waals surface area (Å²) in [4.78, 5) is 35.3. The zero-order valence-electron chi connectivity index (χ0n) is 16.1. The van der Waals surface area contributed by atoms with Crippen molar-refractivity contribution in [1.82, 2.24) is 9.97 Å². The predicted octanol–water partition coefficient (Wildman–Crippen LogP) is 1.98. The van der Waals surface area contributed by atoms with Crippen molar-refractivity contribution in [3.8, 4) is 6.07 Å². The van der Waals surface area contributed by atoms with Gasteiger partial charge in [0.2, 0.25) is 11.9 Å². The van der Waals surface area contributed by atoms with E-state index in [1.54, 1.807) is 0 Å². The second-order valence-corrected chi connectivity index (χ2v) is 7.39. The average Bonchev–Trinajstić information content (AvgIpc) is 2.78. The first-order valence-electron chi connectivity index (χ1n) is 9.82. The van der Waals surface area contributed by atoms with E-state index in [-0.39, 0.29) is 11.4 Å². The van der Waals surface area contributed by atoms with Gasteiger partial charge in [-0.05, 0) is 16.3 Å². The number of aromatic nitrogens is 2. The van der Waals surface area contributed by atoms with Crippen molar-refractivity contribution < 1.29 is 9.53 Å². The molecule has 0 unspecified atom stereocenters. The van der Waals surface area contributed by atoms with Gasteiger partial charge in [0.1, 0.15) is 11.7 Å². The van der Waals surface area contributed by atoms with E-state index in [9.17, 15) is 14.9 Å². The minimum Gasteiger partial charge on any atom is -0.378 e. The number of aromatic amines is 1. The number of benzene rings is 2. The summed E-state index contributed by atoms with van der Waals surface area (Å²) in [7, 11) is 0. The number of fused-ring (bicyclic) bond motifs is 2. The molecule has 0 radical (unpaired) electrons. The molecule has 1 amide bonds. The van der Waals surface area contributed by atoms with Crippen LogP contribution in [0.4, 0.5) is 11.8 Å². The number of ether oxygens (including phenoxy) is 1. The topological polar surface area (TPSA) is 111 Å². The van der Waals surface area contributed by atoms with Gasteiger partial charge in [0.15, 0.2) is 0 Å². The van der Waals surface area contributed by atoms with Crippen molar-refractivity contribution in [3.05, 3.63) is 63.9 Å². The Bertz CT molecular complexity index is 1230. The van der Waals surface area contributed by atoms with Crippen LogP contribution in [-0.4, -0.2) is 42.2 Å². The van der Waals surface area contributed by atoms with Gasteiger partial charge in [-0.2, -0.15) is 10.2 Å². The standard InChI is InChI=1S/C22H19N5O3/c23-12-16-17(15-7-3-5-13-4-1-2-6-14(13)15)18-19(24-20(16)28)25-22(26-21(18)29)27-8-10-30-11-9-27/h1-7,16-17H,8-11H2,(H2,24,25,26,28,29)/t16-,17+/m1/s1. The van der Waals surface area contributed by atoms with Crippen LogP contribution >= 0.6 is 0 Å². The number of hydrogen-bond acceptors (Lipinski definition) is 6. The van der Waals surface area contributed by atoms with E-state index in [1.807, 2.05) is 47.4 Å². The van der Waals surface area contributed by atoms with Gasteiger partial charge in [-0.25, -0.2) is 0 Å². The molecule has 150 valence electrons. The van der Waals surface area contributed by atoms with E-state index in [2.05, 4.69) is 21.4 Å². The van der Waals surface area contributed by atoms with Crippen molar-refractivity contribution in [2.45, 2.75) is 5.92 Å². The molecule has 30 heavy (non-hydrogen) atoms. The molecule has 2 aliphatic rings. The number of carbonyl (C=O) groups excluding carboxylic acids is 1. The third kappa shape index (κ3) is 2.91. The highest BCUT2D eigenvalue weighted by atomic mass is 16.5. The molecule has 8 heteroatoms. The minimum absolute atomic E-state index is 0.217. The number of amides is 1. The molecule has 2 aromatic carbocycles. The molecular weight excluding hydrogens is 382 g/mol. The molecule has 8 nitrogen and oxygen atoms in total. The Labute approximate surface area is 172 Å². The number of nitriles is 1. The first-order valence-corrected chi connectivity index (χ1v) is 9.82. The first-order chi connectivity index (χ1) is 14.7. The zero-order valence-corrected chi connectivity index (χ0v) is 16.1. The van der Waals surface area contributed by atoms with Crippen molar-refractivity contribution in [2.75, 3.05) is 36.5 Å². The normalized spacial score (nSPS) is 21.0. The fraction of sp³-hybridized carbons (Fsp3) is 0.273. The summed E-state index contributed by atoms with van der Waals surface area (Å²) in [5.41, 5.74) is 0.733. The number of anilines is 2. The Morgan fingerprint density at radius 1 is 1.10 bits per heavy atom. The molecule has 0 spiro atoms. The Hall–Kier alpha value is -3.70. The number of hydrogen-bond donors (Lipinski definition) is 2. The van der Waals surface area contributed by atoms with Crippen molar-refractivity contribution in [3.63, 3.8) is 0 Å². The second kappa shape index (κ2) is 7.28. The van der Waals surface area contributed by atoms with Gasteiger partial charge in [0, 0.05) is 19.0 Å². The minimum atomic E-state index is -1.03. The number of nitrogens with one attached hydrogen (secondary N) is 2. The third-order valence-electron chi connectivity index (χ3n) is 5.72. The molecule has 0 bridgehead atoms. The van der Waals surface area contributed by atoms with Gasteiger partial charge in [-0.3, -0.25) is 14.6 Å². The lowest BCUT2D eigenvalue weighted by Gasteiger charge is -2.31. The Balaban J connectivity index is 1.71. The lowest BCUT2D eigenvalue weighted by Crippen LogP contribution is -2.41. The van der Waals surface area contributed by atoms with Crippen LogP contribution in [0, 0.1) is 17.2 Å². The van der Waals surface area contributed by atoms with Crippen LogP contribution < -0.4 is 15.8 Å². The number of carbonyl (C=O) groups is 1. The largest absolute Gasteiger partial charge is 0.378 e. The van der Waals surface area contributed by atoms with Crippen LogP contribution in [0.5, 0.6) is 0 Å². The van der Waals surface area contributed by atoms with Crippen LogP contribution in [0.2, 0.25) is 0 Å². The number of H-pyrrole nitrogens is 1. The van der Waals surface area contributed by atoms with Gasteiger partial charge < -0.3 is 15.0 Å². The molecular formula is C22H19N5O3. The molecule has 3 heterocycles. The highest BCUT2D eigenvalue weighted by Gasteiger charge is 2.41. The van der Waals surface area contributed by atoms with Crippen molar-refractivity contribution >= 4 is 28.4 Å². The fourth-order valence-corrected chi connectivity index (χ4v) is 4.28. The molecule has 0 aliphatic carbocycles. The maximum absolute atomic E-state index is 13.2. The smallest absolute Gasteiger partial charge is 0.258 e. The Kier molecular flexibility index (Phi) is 4.45. The molecule has 2 atom stereocenters. The summed E-state index contributed by atoms with van der Waals surface area (Å²) < 4.78 is 5.36. The SMILES string of the molecule is N#C[C@H]1C(=O)Nc2nc(N3CCOCC3)[nH]c(=O)c2[C@H]1c1cccc2ccccc12. The van der Waals surface area contributed by atoms with Crippen LogP contribution in [0.25, 0.3) is 10.8 Å². The van der Waals surface area contributed by atoms with Crippen molar-refractivity contribution in [1.29, 1.82) is 5.26 Å². The predicted molar refractivity (Wildman–Crippen MR) is 111 cm³/mol. The lowest BCUT2D eigenvalue weighted by atomic mass is 9.77. The maximum atomic E-state index is 13.2. The summed E-state index contributed by atoms with van der Waals surface area (Å²) in [5.74, 6) is -1.57. The monoisotopic (exact) mass is 401 g/mol. The van der Waals surface area contributed by atoms with Gasteiger partial charge >= 0.3 is 0 Å². The van der Waals surface area contributed by atoms with E-state index in [0.717, 1.165) is 16.3 Å². The summed E-state index contributed by atoms with van der Waals surface area (Å²) in [5, 5.41) is 14.3. The van der Waals surface area contributed by atoms with Crippen LogP contribution in [0.1, 0.15) is 17.0 Å². The molecule has 2 aliphatic heterocycles. The van der Waals surface area contributed by atoms with Gasteiger partial charge in [0.25, 0.3) is 5.56 Å². The lowest BCUT2D eigenvalue weighted by molar-refractivity contribution is -0.119. The van der Waals surface area contributed by atoms with Crippen LogP contribution in [-0.2, 0) is 9.53 Å². The highest BCUT2D eigenvalue weighted by molar-refractivity contribution is 5.99. The van der Waals surface area contributed by atoms with E-state index < -0.39 is 17.7 Å². The summed E-state index contributed by atoms with van der Waals surface area (Å²) in [6.45, 7) is 2.29. The number of nitrogens with zero attached hydrogens (tertiary/aromatic N) is 3. The van der Waals surface area contributed by atoms with E-state index >= 15 is 0 Å². The number of morpholine rings is 1. The molecule has 0 saturated carbocycles.